The third-order valence-corrected chi connectivity index (χ3v) is 2.48. The first-order chi connectivity index (χ1) is 8.13. The van der Waals surface area contributed by atoms with Crippen molar-refractivity contribution in [2.24, 2.45) is 5.73 Å². The SMILES string of the molecule is CCCCOC(=O)C(N)Cc1ccc(N)cc1. The lowest BCUT2D eigenvalue weighted by molar-refractivity contribution is -0.145. The summed E-state index contributed by atoms with van der Waals surface area (Å²) in [6.45, 7) is 2.49. The van der Waals surface area contributed by atoms with Crippen molar-refractivity contribution in [1.82, 2.24) is 0 Å². The van der Waals surface area contributed by atoms with Gasteiger partial charge in [0.2, 0.25) is 0 Å². The molecule has 4 nitrogen and oxygen atoms in total. The first kappa shape index (κ1) is 13.5. The zero-order valence-electron chi connectivity index (χ0n) is 10.2. The highest BCUT2D eigenvalue weighted by Gasteiger charge is 2.15. The maximum absolute atomic E-state index is 11.5. The van der Waals surface area contributed by atoms with E-state index in [0.29, 0.717) is 18.7 Å². The molecule has 4 N–H and O–H groups in total. The predicted molar refractivity (Wildman–Crippen MR) is 68.4 cm³/mol. The van der Waals surface area contributed by atoms with Crippen LogP contribution in [0.4, 0.5) is 5.69 Å². The standard InChI is InChI=1S/C13H20N2O2/c1-2-3-8-17-13(16)12(15)9-10-4-6-11(14)7-5-10/h4-7,12H,2-3,8-9,14-15H2,1H3. The number of esters is 1. The van der Waals surface area contributed by atoms with E-state index in [2.05, 4.69) is 0 Å². The Bertz CT molecular complexity index is 349. The van der Waals surface area contributed by atoms with Gasteiger partial charge in [0.1, 0.15) is 6.04 Å². The zero-order valence-corrected chi connectivity index (χ0v) is 10.2. The van der Waals surface area contributed by atoms with Crippen LogP contribution in [-0.2, 0) is 16.0 Å². The molecule has 0 radical (unpaired) electrons. The third-order valence-electron chi connectivity index (χ3n) is 2.48. The molecule has 1 atom stereocenters. The quantitative estimate of drug-likeness (QED) is 0.445. The summed E-state index contributed by atoms with van der Waals surface area (Å²) >= 11 is 0. The van der Waals surface area contributed by atoms with Gasteiger partial charge in [-0.25, -0.2) is 0 Å². The summed E-state index contributed by atoms with van der Waals surface area (Å²) in [6, 6.07) is 6.73. The summed E-state index contributed by atoms with van der Waals surface area (Å²) < 4.78 is 5.05. The second-order valence-electron chi connectivity index (χ2n) is 4.07. The second-order valence-corrected chi connectivity index (χ2v) is 4.07. The molecule has 1 unspecified atom stereocenters. The fourth-order valence-electron chi connectivity index (χ4n) is 1.42. The molecule has 0 aromatic heterocycles. The smallest absolute Gasteiger partial charge is 0.323 e. The fourth-order valence-corrected chi connectivity index (χ4v) is 1.42. The van der Waals surface area contributed by atoms with Gasteiger partial charge >= 0.3 is 5.97 Å². The lowest BCUT2D eigenvalue weighted by atomic mass is 10.1. The van der Waals surface area contributed by atoms with Crippen molar-refractivity contribution in [1.29, 1.82) is 0 Å². The Balaban J connectivity index is 2.40. The minimum atomic E-state index is -0.601. The molecule has 0 aliphatic rings. The van der Waals surface area contributed by atoms with Gasteiger partial charge in [-0.15, -0.1) is 0 Å². The van der Waals surface area contributed by atoms with Gasteiger partial charge < -0.3 is 16.2 Å². The van der Waals surface area contributed by atoms with Gasteiger partial charge in [0.25, 0.3) is 0 Å². The minimum absolute atomic E-state index is 0.338. The summed E-state index contributed by atoms with van der Waals surface area (Å²) in [4.78, 5) is 11.5. The van der Waals surface area contributed by atoms with Gasteiger partial charge in [0.15, 0.2) is 0 Å². The monoisotopic (exact) mass is 236 g/mol. The molecule has 0 amide bonds. The summed E-state index contributed by atoms with van der Waals surface area (Å²) in [6.07, 6.45) is 2.35. The van der Waals surface area contributed by atoms with Crippen LogP contribution in [0.2, 0.25) is 0 Å². The molecule has 4 heteroatoms. The van der Waals surface area contributed by atoms with Crippen LogP contribution >= 0.6 is 0 Å². The summed E-state index contributed by atoms with van der Waals surface area (Å²) in [5.41, 5.74) is 13.0. The van der Waals surface area contributed by atoms with Crippen molar-refractivity contribution in [3.63, 3.8) is 0 Å². The van der Waals surface area contributed by atoms with Crippen molar-refractivity contribution in [2.45, 2.75) is 32.2 Å². The number of nitrogens with two attached hydrogens (primary N) is 2. The summed E-state index contributed by atoms with van der Waals surface area (Å²) in [5, 5.41) is 0. The van der Waals surface area contributed by atoms with E-state index in [1.165, 1.54) is 0 Å². The van der Waals surface area contributed by atoms with E-state index < -0.39 is 6.04 Å². The highest BCUT2D eigenvalue weighted by Crippen LogP contribution is 2.08. The number of carbonyl (C=O) groups excluding carboxylic acids is 1. The highest BCUT2D eigenvalue weighted by molar-refractivity contribution is 5.75. The van der Waals surface area contributed by atoms with Gasteiger partial charge in [-0.2, -0.15) is 0 Å². The Morgan fingerprint density at radius 3 is 2.59 bits per heavy atom. The molecule has 0 aliphatic heterocycles. The van der Waals surface area contributed by atoms with Crippen molar-refractivity contribution < 1.29 is 9.53 Å². The lowest BCUT2D eigenvalue weighted by Crippen LogP contribution is -2.34. The summed E-state index contributed by atoms with van der Waals surface area (Å²) in [5.74, 6) is -0.338. The minimum Gasteiger partial charge on any atom is -0.465 e. The first-order valence-electron chi connectivity index (χ1n) is 5.90. The van der Waals surface area contributed by atoms with E-state index in [0.717, 1.165) is 18.4 Å². The number of nitrogen functional groups attached to an aromatic ring is 1. The average Bonchev–Trinajstić information content (AvgIpc) is 2.32. The van der Waals surface area contributed by atoms with Crippen LogP contribution < -0.4 is 11.5 Å². The third kappa shape index (κ3) is 4.87. The zero-order chi connectivity index (χ0) is 12.7. The van der Waals surface area contributed by atoms with E-state index in [-0.39, 0.29) is 5.97 Å². The number of rotatable bonds is 6. The maximum atomic E-state index is 11.5. The van der Waals surface area contributed by atoms with Gasteiger partial charge in [0.05, 0.1) is 6.61 Å². The van der Waals surface area contributed by atoms with Crippen LogP contribution in [0.3, 0.4) is 0 Å². The van der Waals surface area contributed by atoms with Crippen LogP contribution in [-0.4, -0.2) is 18.6 Å². The Kier molecular flexibility index (Phi) is 5.49. The highest BCUT2D eigenvalue weighted by atomic mass is 16.5. The van der Waals surface area contributed by atoms with E-state index in [4.69, 9.17) is 16.2 Å². The number of carbonyl (C=O) groups is 1. The van der Waals surface area contributed by atoms with Gasteiger partial charge in [-0.3, -0.25) is 4.79 Å². The molecule has 94 valence electrons. The topological polar surface area (TPSA) is 78.3 Å². The van der Waals surface area contributed by atoms with Crippen molar-refractivity contribution >= 4 is 11.7 Å². The molecule has 0 heterocycles. The van der Waals surface area contributed by atoms with E-state index in [1.807, 2.05) is 19.1 Å². The molecular formula is C13H20N2O2. The van der Waals surface area contributed by atoms with Gasteiger partial charge in [-0.05, 0) is 30.5 Å². The first-order valence-corrected chi connectivity index (χ1v) is 5.90. The lowest BCUT2D eigenvalue weighted by Gasteiger charge is -2.11. The second kappa shape index (κ2) is 6.91. The fraction of sp³-hybridized carbons (Fsp3) is 0.462. The molecule has 1 aromatic rings. The molecule has 17 heavy (non-hydrogen) atoms. The number of anilines is 1. The van der Waals surface area contributed by atoms with E-state index in [1.54, 1.807) is 12.1 Å². The van der Waals surface area contributed by atoms with Crippen LogP contribution in [0.1, 0.15) is 25.3 Å². The van der Waals surface area contributed by atoms with Crippen molar-refractivity contribution in [3.8, 4) is 0 Å². The predicted octanol–water partition coefficient (Wildman–Crippen LogP) is 1.48. The Labute approximate surface area is 102 Å². The Hall–Kier alpha value is -1.55. The van der Waals surface area contributed by atoms with Crippen LogP contribution in [0.5, 0.6) is 0 Å². The molecule has 0 fully saturated rings. The van der Waals surface area contributed by atoms with Gasteiger partial charge in [0, 0.05) is 5.69 Å². The molecular weight excluding hydrogens is 216 g/mol. The Morgan fingerprint density at radius 1 is 1.35 bits per heavy atom. The van der Waals surface area contributed by atoms with E-state index >= 15 is 0 Å². The van der Waals surface area contributed by atoms with Crippen molar-refractivity contribution in [2.75, 3.05) is 12.3 Å². The summed E-state index contributed by atoms with van der Waals surface area (Å²) in [7, 11) is 0. The average molecular weight is 236 g/mol. The van der Waals surface area contributed by atoms with Crippen molar-refractivity contribution in [3.05, 3.63) is 29.8 Å². The molecule has 1 rings (SSSR count). The maximum Gasteiger partial charge on any atom is 0.323 e. The molecule has 0 saturated carbocycles. The van der Waals surface area contributed by atoms with Crippen LogP contribution in [0.25, 0.3) is 0 Å². The molecule has 1 aromatic carbocycles. The van der Waals surface area contributed by atoms with Crippen LogP contribution in [0.15, 0.2) is 24.3 Å². The number of benzene rings is 1. The van der Waals surface area contributed by atoms with E-state index in [9.17, 15) is 4.79 Å². The van der Waals surface area contributed by atoms with Gasteiger partial charge in [-0.1, -0.05) is 25.5 Å². The number of hydrogen-bond acceptors (Lipinski definition) is 4. The molecule has 0 saturated heterocycles. The molecule has 0 spiro atoms. The number of hydrogen-bond donors (Lipinski definition) is 2. The number of unbranched alkanes of at least 4 members (excludes halogenated alkanes) is 1. The Morgan fingerprint density at radius 2 is 2.00 bits per heavy atom. The normalized spacial score (nSPS) is 12.1. The number of ether oxygens (including phenoxy) is 1. The molecule has 0 bridgehead atoms. The largest absolute Gasteiger partial charge is 0.465 e. The molecule has 0 aliphatic carbocycles. The van der Waals surface area contributed by atoms with Crippen LogP contribution in [0, 0.1) is 0 Å².